The van der Waals surface area contributed by atoms with Crippen molar-refractivity contribution in [3.05, 3.63) is 66.2 Å². The third-order valence-corrected chi connectivity index (χ3v) is 6.07. The van der Waals surface area contributed by atoms with Crippen LogP contribution in [0.3, 0.4) is 0 Å². The molecule has 0 aliphatic heterocycles. The van der Waals surface area contributed by atoms with Crippen LogP contribution in [-0.2, 0) is 10.7 Å². The molecule has 0 saturated carbocycles. The summed E-state index contributed by atoms with van der Waals surface area (Å²) in [7, 11) is -2.94. The monoisotopic (exact) mass is 303 g/mol. The summed E-state index contributed by atoms with van der Waals surface area (Å²) in [5.74, 6) is 0.656. The van der Waals surface area contributed by atoms with Crippen molar-refractivity contribution in [3.8, 4) is 5.75 Å². The number of rotatable bonds is 7. The zero-order valence-electron chi connectivity index (χ0n) is 12.6. The van der Waals surface area contributed by atoms with Gasteiger partial charge in [-0.25, -0.2) is 4.67 Å². The van der Waals surface area contributed by atoms with Gasteiger partial charge in [-0.3, -0.25) is 4.57 Å². The van der Waals surface area contributed by atoms with Crippen molar-refractivity contribution in [1.29, 1.82) is 0 Å². The molecule has 4 heteroatoms. The van der Waals surface area contributed by atoms with Crippen molar-refractivity contribution < 1.29 is 9.09 Å². The molecule has 0 radical (unpaired) electrons. The number of hydrogen-bond acceptors (Lipinski definition) is 2. The Morgan fingerprint density at radius 3 is 1.95 bits per heavy atom. The molecular weight excluding hydrogens is 281 g/mol. The Bertz CT molecular complexity index is 537. The summed E-state index contributed by atoms with van der Waals surface area (Å²) in [4.78, 5) is 0. The lowest BCUT2D eigenvalue weighted by molar-refractivity contribution is 0.369. The molecule has 0 spiro atoms. The average Bonchev–Trinajstić information content (AvgIpc) is 2.50. The van der Waals surface area contributed by atoms with Crippen molar-refractivity contribution in [2.45, 2.75) is 20.0 Å². The van der Waals surface area contributed by atoms with Crippen LogP contribution in [0.1, 0.15) is 19.4 Å². The lowest BCUT2D eigenvalue weighted by atomic mass is 10.2. The van der Waals surface area contributed by atoms with Gasteiger partial charge in [-0.15, -0.1) is 0 Å². The zero-order chi connectivity index (χ0) is 15.1. The Kier molecular flexibility index (Phi) is 5.60. The third-order valence-electron chi connectivity index (χ3n) is 3.38. The lowest BCUT2D eigenvalue weighted by Gasteiger charge is -2.29. The quantitative estimate of drug-likeness (QED) is 0.688. The number of benzene rings is 2. The minimum absolute atomic E-state index is 0.421. The van der Waals surface area contributed by atoms with Crippen LogP contribution in [0.5, 0.6) is 5.75 Å². The standard InChI is InChI=1S/C17H22NO2P/c1-3-18(4-2)21(19,15-16-11-7-5-8-12-16)20-17-13-9-6-10-14-17/h5-14H,3-4,15H2,1-2H3. The van der Waals surface area contributed by atoms with Crippen LogP contribution in [0.2, 0.25) is 0 Å². The Morgan fingerprint density at radius 2 is 1.43 bits per heavy atom. The van der Waals surface area contributed by atoms with Crippen molar-refractivity contribution >= 4 is 7.52 Å². The van der Waals surface area contributed by atoms with E-state index in [-0.39, 0.29) is 0 Å². The van der Waals surface area contributed by atoms with Crippen LogP contribution in [0, 0.1) is 0 Å². The van der Waals surface area contributed by atoms with E-state index in [2.05, 4.69) is 0 Å². The molecule has 0 aliphatic carbocycles. The number of hydrogen-bond donors (Lipinski definition) is 0. The van der Waals surface area contributed by atoms with Gasteiger partial charge in [-0.05, 0) is 17.7 Å². The van der Waals surface area contributed by atoms with E-state index in [1.807, 2.05) is 79.2 Å². The summed E-state index contributed by atoms with van der Waals surface area (Å²) in [6.07, 6.45) is 0.421. The molecule has 1 atom stereocenters. The van der Waals surface area contributed by atoms with E-state index in [1.165, 1.54) is 0 Å². The number of para-hydroxylation sites is 1. The first-order chi connectivity index (χ1) is 10.2. The molecule has 21 heavy (non-hydrogen) atoms. The fraction of sp³-hybridized carbons (Fsp3) is 0.294. The second-order valence-electron chi connectivity index (χ2n) is 4.82. The van der Waals surface area contributed by atoms with Gasteiger partial charge in [0.2, 0.25) is 0 Å². The molecule has 0 heterocycles. The van der Waals surface area contributed by atoms with Crippen LogP contribution in [0.15, 0.2) is 60.7 Å². The highest BCUT2D eigenvalue weighted by molar-refractivity contribution is 7.56. The van der Waals surface area contributed by atoms with Crippen molar-refractivity contribution in [1.82, 2.24) is 4.67 Å². The molecule has 0 saturated heterocycles. The molecule has 0 N–H and O–H groups in total. The number of nitrogens with zero attached hydrogens (tertiary/aromatic N) is 1. The SMILES string of the molecule is CCN(CC)P(=O)(Cc1ccccc1)Oc1ccccc1. The Hall–Kier alpha value is -1.57. The van der Waals surface area contributed by atoms with Gasteiger partial charge in [0.05, 0.1) is 6.16 Å². The van der Waals surface area contributed by atoms with E-state index in [1.54, 1.807) is 0 Å². The fourth-order valence-corrected chi connectivity index (χ4v) is 4.67. The highest BCUT2D eigenvalue weighted by Gasteiger charge is 2.31. The van der Waals surface area contributed by atoms with Crippen LogP contribution in [0.4, 0.5) is 0 Å². The minimum atomic E-state index is -2.94. The van der Waals surface area contributed by atoms with Crippen LogP contribution in [0.25, 0.3) is 0 Å². The largest absolute Gasteiger partial charge is 0.432 e. The van der Waals surface area contributed by atoms with Gasteiger partial charge in [0.25, 0.3) is 0 Å². The molecule has 2 aromatic carbocycles. The Morgan fingerprint density at radius 1 is 0.905 bits per heavy atom. The van der Waals surface area contributed by atoms with Crippen molar-refractivity contribution in [2.24, 2.45) is 0 Å². The van der Waals surface area contributed by atoms with Gasteiger partial charge in [0.15, 0.2) is 0 Å². The van der Waals surface area contributed by atoms with Gasteiger partial charge in [-0.1, -0.05) is 62.4 Å². The molecule has 1 unspecified atom stereocenters. The van der Waals surface area contributed by atoms with Gasteiger partial charge in [0.1, 0.15) is 5.75 Å². The molecule has 0 aromatic heterocycles. The predicted molar refractivity (Wildman–Crippen MR) is 87.7 cm³/mol. The minimum Gasteiger partial charge on any atom is -0.432 e. The van der Waals surface area contributed by atoms with Crippen LogP contribution in [-0.4, -0.2) is 17.8 Å². The molecule has 2 rings (SSSR count). The summed E-state index contributed by atoms with van der Waals surface area (Å²) < 4.78 is 21.3. The van der Waals surface area contributed by atoms with E-state index < -0.39 is 7.52 Å². The first kappa shape index (κ1) is 15.8. The van der Waals surface area contributed by atoms with Crippen LogP contribution < -0.4 is 4.52 Å². The molecule has 0 bridgehead atoms. The first-order valence-electron chi connectivity index (χ1n) is 7.31. The molecule has 2 aromatic rings. The highest BCUT2D eigenvalue weighted by atomic mass is 31.2. The fourth-order valence-electron chi connectivity index (χ4n) is 2.30. The molecule has 0 aliphatic rings. The smallest absolute Gasteiger partial charge is 0.323 e. The summed E-state index contributed by atoms with van der Waals surface area (Å²) in [5, 5.41) is 0. The Labute approximate surface area is 127 Å². The van der Waals surface area contributed by atoms with Crippen molar-refractivity contribution in [2.75, 3.05) is 13.1 Å². The molecule has 0 fully saturated rings. The highest BCUT2D eigenvalue weighted by Crippen LogP contribution is 2.53. The van der Waals surface area contributed by atoms with Gasteiger partial charge in [-0.2, -0.15) is 0 Å². The van der Waals surface area contributed by atoms with Gasteiger partial charge in [0, 0.05) is 13.1 Å². The summed E-state index contributed by atoms with van der Waals surface area (Å²) >= 11 is 0. The van der Waals surface area contributed by atoms with E-state index in [4.69, 9.17) is 4.52 Å². The van der Waals surface area contributed by atoms with E-state index in [0.717, 1.165) is 5.56 Å². The second kappa shape index (κ2) is 7.44. The van der Waals surface area contributed by atoms with Crippen molar-refractivity contribution in [3.63, 3.8) is 0 Å². The lowest BCUT2D eigenvalue weighted by Crippen LogP contribution is -2.23. The molecule has 3 nitrogen and oxygen atoms in total. The Balaban J connectivity index is 2.28. The normalized spacial score (nSPS) is 13.9. The first-order valence-corrected chi connectivity index (χ1v) is 9.07. The van der Waals surface area contributed by atoms with E-state index >= 15 is 0 Å². The summed E-state index contributed by atoms with van der Waals surface area (Å²) in [6.45, 7) is 5.42. The topological polar surface area (TPSA) is 29.5 Å². The summed E-state index contributed by atoms with van der Waals surface area (Å²) in [5.41, 5.74) is 1.03. The van der Waals surface area contributed by atoms with Gasteiger partial charge >= 0.3 is 7.52 Å². The molecular formula is C17H22NO2P. The third kappa shape index (κ3) is 4.20. The molecule has 0 amide bonds. The zero-order valence-corrected chi connectivity index (χ0v) is 13.5. The van der Waals surface area contributed by atoms with E-state index in [0.29, 0.717) is 25.0 Å². The second-order valence-corrected chi connectivity index (χ2v) is 7.16. The summed E-state index contributed by atoms with van der Waals surface area (Å²) in [6, 6.07) is 19.3. The maximum atomic E-state index is 13.4. The average molecular weight is 303 g/mol. The van der Waals surface area contributed by atoms with Gasteiger partial charge < -0.3 is 4.52 Å². The maximum Gasteiger partial charge on any atom is 0.323 e. The maximum absolute atomic E-state index is 13.4. The predicted octanol–water partition coefficient (Wildman–Crippen LogP) is 4.80. The van der Waals surface area contributed by atoms with Crippen LogP contribution >= 0.6 is 7.52 Å². The molecule has 112 valence electrons. The van der Waals surface area contributed by atoms with E-state index in [9.17, 15) is 4.57 Å².